The highest BCUT2D eigenvalue weighted by Gasteiger charge is 2.51. The van der Waals surface area contributed by atoms with E-state index in [4.69, 9.17) is 0 Å². The number of nitrogens with zero attached hydrogens (tertiary/aromatic N) is 1. The van der Waals surface area contributed by atoms with Gasteiger partial charge in [-0.3, -0.25) is 4.98 Å². The maximum atomic E-state index is 11.9. The molecule has 1 heterocycles. The summed E-state index contributed by atoms with van der Waals surface area (Å²) in [5.41, 5.74) is 5.55. The third-order valence-electron chi connectivity index (χ3n) is 7.13. The highest BCUT2D eigenvalue weighted by Crippen LogP contribution is 2.56. The van der Waals surface area contributed by atoms with Crippen LogP contribution >= 0.6 is 0 Å². The number of pyridine rings is 1. The molecule has 2 aliphatic carbocycles. The van der Waals surface area contributed by atoms with Crippen LogP contribution in [-0.2, 0) is 29.5 Å². The van der Waals surface area contributed by atoms with Crippen LogP contribution < -0.4 is 0 Å². The van der Waals surface area contributed by atoms with E-state index in [0.29, 0.717) is 5.92 Å². The number of benzene rings is 1. The number of carbonyl (C=O) groups excluding carboxylic acids is 1. The predicted molar refractivity (Wildman–Crippen MR) is 105 cm³/mol. The normalized spacial score (nSPS) is 30.3. The van der Waals surface area contributed by atoms with Crippen LogP contribution in [0, 0.1) is 11.3 Å². The topological polar surface area (TPSA) is 30.0 Å². The predicted octanol–water partition coefficient (Wildman–Crippen LogP) is 5.08. The SMILES string of the molecule is CC12CCC[C@](C)(C=O)[C@@H]1CCc1ccc(CCc3ccccn3)cc12. The molecule has 0 aliphatic heterocycles. The summed E-state index contributed by atoms with van der Waals surface area (Å²) < 4.78 is 0. The first-order chi connectivity index (χ1) is 12.5. The number of aldehydes is 1. The molecule has 0 radical (unpaired) electrons. The molecule has 136 valence electrons. The van der Waals surface area contributed by atoms with Gasteiger partial charge >= 0.3 is 0 Å². The lowest BCUT2D eigenvalue weighted by Gasteiger charge is -2.53. The molecule has 2 heteroatoms. The molecule has 0 N–H and O–H groups in total. The second-order valence-electron chi connectivity index (χ2n) is 8.80. The summed E-state index contributed by atoms with van der Waals surface area (Å²) in [5, 5.41) is 0. The zero-order valence-corrected chi connectivity index (χ0v) is 16.0. The molecule has 1 fully saturated rings. The summed E-state index contributed by atoms with van der Waals surface area (Å²) in [7, 11) is 0. The van der Waals surface area contributed by atoms with Crippen LogP contribution in [0.15, 0.2) is 42.6 Å². The zero-order chi connectivity index (χ0) is 18.2. The number of carbonyl (C=O) groups is 1. The highest BCUT2D eigenvalue weighted by atomic mass is 16.1. The molecule has 0 amide bonds. The number of fused-ring (bicyclic) bond motifs is 3. The molecule has 26 heavy (non-hydrogen) atoms. The van der Waals surface area contributed by atoms with Gasteiger partial charge in [0.05, 0.1) is 0 Å². The molecule has 1 aromatic carbocycles. The van der Waals surface area contributed by atoms with E-state index in [1.54, 1.807) is 0 Å². The fourth-order valence-electron chi connectivity index (χ4n) is 5.67. The Morgan fingerprint density at radius 3 is 2.81 bits per heavy atom. The van der Waals surface area contributed by atoms with Gasteiger partial charge < -0.3 is 4.79 Å². The minimum absolute atomic E-state index is 0.141. The lowest BCUT2D eigenvalue weighted by atomic mass is 9.50. The number of aryl methyl sites for hydroxylation is 3. The minimum Gasteiger partial charge on any atom is -0.303 e. The van der Waals surface area contributed by atoms with E-state index in [9.17, 15) is 4.79 Å². The van der Waals surface area contributed by atoms with Crippen LogP contribution in [0.4, 0.5) is 0 Å². The Labute approximate surface area is 157 Å². The van der Waals surface area contributed by atoms with E-state index in [-0.39, 0.29) is 10.8 Å². The monoisotopic (exact) mass is 347 g/mol. The van der Waals surface area contributed by atoms with Gasteiger partial charge in [-0.2, -0.15) is 0 Å². The van der Waals surface area contributed by atoms with E-state index >= 15 is 0 Å². The molecule has 2 aliphatic rings. The average Bonchev–Trinajstić information content (AvgIpc) is 2.67. The Morgan fingerprint density at radius 1 is 1.15 bits per heavy atom. The van der Waals surface area contributed by atoms with Crippen molar-refractivity contribution in [2.24, 2.45) is 11.3 Å². The van der Waals surface area contributed by atoms with Crippen molar-refractivity contribution in [2.75, 3.05) is 0 Å². The molecule has 1 unspecified atom stereocenters. The molecule has 1 saturated carbocycles. The van der Waals surface area contributed by atoms with Gasteiger partial charge in [0.2, 0.25) is 0 Å². The van der Waals surface area contributed by atoms with E-state index in [0.717, 1.165) is 44.2 Å². The summed E-state index contributed by atoms with van der Waals surface area (Å²) in [6.45, 7) is 4.61. The zero-order valence-electron chi connectivity index (χ0n) is 16.0. The first-order valence-electron chi connectivity index (χ1n) is 10.0. The molecule has 0 saturated heterocycles. The van der Waals surface area contributed by atoms with Crippen molar-refractivity contribution in [3.63, 3.8) is 0 Å². The van der Waals surface area contributed by atoms with Gasteiger partial charge in [0.1, 0.15) is 6.29 Å². The van der Waals surface area contributed by atoms with Crippen molar-refractivity contribution in [3.8, 4) is 0 Å². The Balaban J connectivity index is 1.63. The number of hydrogen-bond donors (Lipinski definition) is 0. The van der Waals surface area contributed by atoms with Crippen LogP contribution in [0.5, 0.6) is 0 Å². The minimum atomic E-state index is -0.158. The number of hydrogen-bond acceptors (Lipinski definition) is 2. The Morgan fingerprint density at radius 2 is 2.04 bits per heavy atom. The van der Waals surface area contributed by atoms with Crippen molar-refractivity contribution >= 4 is 6.29 Å². The molecular weight excluding hydrogens is 318 g/mol. The van der Waals surface area contributed by atoms with Crippen molar-refractivity contribution < 1.29 is 4.79 Å². The maximum absolute atomic E-state index is 11.9. The highest BCUT2D eigenvalue weighted by molar-refractivity contribution is 5.61. The van der Waals surface area contributed by atoms with Gasteiger partial charge in [-0.25, -0.2) is 0 Å². The van der Waals surface area contributed by atoms with Crippen LogP contribution in [0.1, 0.15) is 61.9 Å². The quantitative estimate of drug-likeness (QED) is 0.722. The Kier molecular flexibility index (Phi) is 4.46. The third kappa shape index (κ3) is 2.90. The fourth-order valence-corrected chi connectivity index (χ4v) is 5.67. The smallest absolute Gasteiger partial charge is 0.126 e. The molecule has 2 aromatic rings. The molecule has 1 aromatic heterocycles. The second kappa shape index (κ2) is 6.64. The van der Waals surface area contributed by atoms with Gasteiger partial charge in [0, 0.05) is 17.3 Å². The van der Waals surface area contributed by atoms with Gasteiger partial charge in [-0.1, -0.05) is 44.5 Å². The van der Waals surface area contributed by atoms with Crippen molar-refractivity contribution in [2.45, 2.75) is 64.2 Å². The van der Waals surface area contributed by atoms with Gasteiger partial charge in [0.15, 0.2) is 0 Å². The van der Waals surface area contributed by atoms with Crippen molar-refractivity contribution in [3.05, 3.63) is 65.0 Å². The first-order valence-corrected chi connectivity index (χ1v) is 10.0. The molecule has 3 atom stereocenters. The van der Waals surface area contributed by atoms with Gasteiger partial charge in [0.25, 0.3) is 0 Å². The summed E-state index contributed by atoms with van der Waals surface area (Å²) in [6.07, 6.45) is 10.8. The van der Waals surface area contributed by atoms with Gasteiger partial charge in [-0.05, 0) is 78.7 Å². The number of aromatic nitrogens is 1. The lowest BCUT2D eigenvalue weighted by molar-refractivity contribution is -0.123. The number of rotatable bonds is 4. The molecule has 0 spiro atoms. The summed E-state index contributed by atoms with van der Waals surface area (Å²) in [4.78, 5) is 16.4. The van der Waals surface area contributed by atoms with Crippen LogP contribution in [0.3, 0.4) is 0 Å². The third-order valence-corrected chi connectivity index (χ3v) is 7.13. The summed E-state index contributed by atoms with van der Waals surface area (Å²) >= 11 is 0. The van der Waals surface area contributed by atoms with Crippen molar-refractivity contribution in [1.29, 1.82) is 0 Å². The molecule has 4 rings (SSSR count). The standard InChI is InChI=1S/C24H29NO/c1-23(17-26)13-5-14-24(2)21-16-18(7-9-19(21)10-12-22(23)24)8-11-20-6-3-4-15-25-20/h3-4,6-7,9,15-17,22H,5,8,10-14H2,1-2H3/t22-,23+,24?/m0/s1. The molecule has 0 bridgehead atoms. The average molecular weight is 348 g/mol. The van der Waals surface area contributed by atoms with E-state index in [1.165, 1.54) is 29.4 Å². The maximum Gasteiger partial charge on any atom is 0.126 e. The van der Waals surface area contributed by atoms with Crippen LogP contribution in [0.25, 0.3) is 0 Å². The Bertz CT molecular complexity index is 799. The van der Waals surface area contributed by atoms with E-state index in [1.807, 2.05) is 12.3 Å². The first kappa shape index (κ1) is 17.5. The summed E-state index contributed by atoms with van der Waals surface area (Å²) in [6, 6.07) is 13.2. The van der Waals surface area contributed by atoms with E-state index < -0.39 is 0 Å². The largest absolute Gasteiger partial charge is 0.303 e. The molecule has 2 nitrogen and oxygen atoms in total. The fraction of sp³-hybridized carbons (Fsp3) is 0.500. The Hall–Kier alpha value is -1.96. The van der Waals surface area contributed by atoms with E-state index in [2.05, 4.69) is 49.2 Å². The molecular formula is C24H29NO. The lowest BCUT2D eigenvalue weighted by Crippen LogP contribution is -2.49. The van der Waals surface area contributed by atoms with Crippen LogP contribution in [-0.4, -0.2) is 11.3 Å². The van der Waals surface area contributed by atoms with Crippen molar-refractivity contribution in [1.82, 2.24) is 4.98 Å². The van der Waals surface area contributed by atoms with Gasteiger partial charge in [-0.15, -0.1) is 0 Å². The van der Waals surface area contributed by atoms with Crippen LogP contribution in [0.2, 0.25) is 0 Å². The second-order valence-corrected chi connectivity index (χ2v) is 8.80. The summed E-state index contributed by atoms with van der Waals surface area (Å²) in [5.74, 6) is 0.472.